The molecule has 0 aliphatic rings. The summed E-state index contributed by atoms with van der Waals surface area (Å²) in [4.78, 5) is 6.24. The molecule has 0 aliphatic heterocycles. The van der Waals surface area contributed by atoms with E-state index in [1.807, 2.05) is 13.1 Å². The van der Waals surface area contributed by atoms with E-state index in [-0.39, 0.29) is 6.54 Å². The molecule has 0 radical (unpaired) electrons. The van der Waals surface area contributed by atoms with Crippen molar-refractivity contribution in [3.05, 3.63) is 41.5 Å². The van der Waals surface area contributed by atoms with Crippen LogP contribution in [0.3, 0.4) is 0 Å². The highest BCUT2D eigenvalue weighted by atomic mass is 16.5. The highest BCUT2D eigenvalue weighted by Crippen LogP contribution is 2.15. The summed E-state index contributed by atoms with van der Waals surface area (Å²) < 4.78 is 4.96. The first-order chi connectivity index (χ1) is 8.19. The van der Waals surface area contributed by atoms with E-state index in [0.717, 1.165) is 5.69 Å². The van der Waals surface area contributed by atoms with Gasteiger partial charge in [0.25, 0.3) is 0 Å². The minimum Gasteiger partial charge on any atom is -0.367 e. The predicted octanol–water partition coefficient (Wildman–Crippen LogP) is 1.47. The molecule has 5 heteroatoms. The molecule has 0 amide bonds. The van der Waals surface area contributed by atoms with Crippen LogP contribution in [0.1, 0.15) is 17.3 Å². The lowest BCUT2D eigenvalue weighted by Crippen LogP contribution is -2.17. The zero-order chi connectivity index (χ0) is 12.3. The van der Waals surface area contributed by atoms with Gasteiger partial charge in [-0.3, -0.25) is 0 Å². The Kier molecular flexibility index (Phi) is 3.39. The molecule has 2 N–H and O–H groups in total. The number of hydrogen-bond donors (Lipinski definition) is 1. The first kappa shape index (κ1) is 11.6. The fraction of sp³-hybridized carbons (Fsp3) is 0.333. The topological polar surface area (TPSA) is 68.2 Å². The molecule has 0 saturated heterocycles. The second-order valence-corrected chi connectivity index (χ2v) is 4.00. The third-order valence-electron chi connectivity index (χ3n) is 2.51. The van der Waals surface area contributed by atoms with E-state index in [1.165, 1.54) is 5.56 Å². The van der Waals surface area contributed by atoms with Crippen molar-refractivity contribution < 1.29 is 4.52 Å². The number of aromatic nitrogens is 2. The van der Waals surface area contributed by atoms with Gasteiger partial charge < -0.3 is 15.2 Å². The van der Waals surface area contributed by atoms with Gasteiger partial charge in [-0.2, -0.15) is 4.98 Å². The summed E-state index contributed by atoms with van der Waals surface area (Å²) in [6.07, 6.45) is 0. The van der Waals surface area contributed by atoms with Crippen LogP contribution in [0.15, 0.2) is 28.8 Å². The van der Waals surface area contributed by atoms with Crippen molar-refractivity contribution in [2.75, 3.05) is 11.9 Å². The predicted molar refractivity (Wildman–Crippen MR) is 65.5 cm³/mol. The molecule has 1 aromatic carbocycles. The lowest BCUT2D eigenvalue weighted by Gasteiger charge is -2.17. The third kappa shape index (κ3) is 2.82. The van der Waals surface area contributed by atoms with E-state index < -0.39 is 0 Å². The first-order valence-electron chi connectivity index (χ1n) is 5.48. The van der Waals surface area contributed by atoms with Crippen molar-refractivity contribution in [3.63, 3.8) is 0 Å². The van der Waals surface area contributed by atoms with Gasteiger partial charge in [0.2, 0.25) is 5.89 Å². The van der Waals surface area contributed by atoms with Crippen molar-refractivity contribution in [3.8, 4) is 0 Å². The van der Waals surface area contributed by atoms with Crippen molar-refractivity contribution in [1.29, 1.82) is 0 Å². The molecule has 0 aliphatic carbocycles. The highest BCUT2D eigenvalue weighted by molar-refractivity contribution is 5.47. The van der Waals surface area contributed by atoms with E-state index in [0.29, 0.717) is 18.3 Å². The van der Waals surface area contributed by atoms with E-state index in [1.54, 1.807) is 0 Å². The van der Waals surface area contributed by atoms with Crippen molar-refractivity contribution in [2.24, 2.45) is 5.73 Å². The summed E-state index contributed by atoms with van der Waals surface area (Å²) in [7, 11) is 1.99. The van der Waals surface area contributed by atoms with Crippen molar-refractivity contribution in [2.45, 2.75) is 20.0 Å². The van der Waals surface area contributed by atoms with E-state index in [9.17, 15) is 0 Å². The highest BCUT2D eigenvalue weighted by Gasteiger charge is 2.08. The van der Waals surface area contributed by atoms with Crippen LogP contribution in [-0.4, -0.2) is 17.2 Å². The molecule has 1 aromatic heterocycles. The molecular formula is C12H16N4O. The van der Waals surface area contributed by atoms with Gasteiger partial charge in [0.05, 0.1) is 13.1 Å². The maximum atomic E-state index is 5.42. The maximum Gasteiger partial charge on any atom is 0.240 e. The fourth-order valence-corrected chi connectivity index (χ4v) is 1.61. The number of anilines is 1. The largest absolute Gasteiger partial charge is 0.367 e. The Labute approximate surface area is 100 Å². The van der Waals surface area contributed by atoms with Crippen LogP contribution >= 0.6 is 0 Å². The molecule has 0 saturated carbocycles. The SMILES string of the molecule is Cc1cccc(N(C)Cc2noc(CN)n2)c1. The molecule has 0 bridgehead atoms. The Morgan fingerprint density at radius 3 is 2.88 bits per heavy atom. The molecule has 0 spiro atoms. The number of nitrogens with zero attached hydrogens (tertiary/aromatic N) is 3. The maximum absolute atomic E-state index is 5.42. The number of nitrogens with two attached hydrogens (primary N) is 1. The van der Waals surface area contributed by atoms with Crippen LogP contribution in [0.2, 0.25) is 0 Å². The third-order valence-corrected chi connectivity index (χ3v) is 2.51. The minimum absolute atomic E-state index is 0.279. The van der Waals surface area contributed by atoms with Gasteiger partial charge in [-0.25, -0.2) is 0 Å². The zero-order valence-electron chi connectivity index (χ0n) is 10.1. The van der Waals surface area contributed by atoms with Gasteiger partial charge in [-0.1, -0.05) is 17.3 Å². The van der Waals surface area contributed by atoms with E-state index in [4.69, 9.17) is 10.3 Å². The van der Waals surface area contributed by atoms with Crippen LogP contribution in [-0.2, 0) is 13.1 Å². The van der Waals surface area contributed by atoms with Crippen LogP contribution in [0, 0.1) is 6.92 Å². The monoisotopic (exact) mass is 232 g/mol. The molecule has 0 unspecified atom stereocenters. The van der Waals surface area contributed by atoms with Gasteiger partial charge in [0, 0.05) is 12.7 Å². The molecule has 17 heavy (non-hydrogen) atoms. The van der Waals surface area contributed by atoms with E-state index in [2.05, 4.69) is 40.2 Å². The molecule has 5 nitrogen and oxygen atoms in total. The number of hydrogen-bond acceptors (Lipinski definition) is 5. The Morgan fingerprint density at radius 1 is 1.41 bits per heavy atom. The van der Waals surface area contributed by atoms with Crippen molar-refractivity contribution >= 4 is 5.69 Å². The van der Waals surface area contributed by atoms with Crippen LogP contribution in [0.5, 0.6) is 0 Å². The summed E-state index contributed by atoms with van der Waals surface area (Å²) in [6, 6.07) is 8.27. The van der Waals surface area contributed by atoms with Gasteiger partial charge in [-0.05, 0) is 24.6 Å². The molecule has 0 fully saturated rings. The molecular weight excluding hydrogens is 216 g/mol. The molecule has 0 atom stereocenters. The lowest BCUT2D eigenvalue weighted by molar-refractivity contribution is 0.374. The zero-order valence-corrected chi connectivity index (χ0v) is 10.1. The van der Waals surface area contributed by atoms with Gasteiger partial charge in [0.1, 0.15) is 0 Å². The molecule has 2 aromatic rings. The van der Waals surface area contributed by atoms with E-state index >= 15 is 0 Å². The second kappa shape index (κ2) is 4.97. The van der Waals surface area contributed by atoms with Crippen LogP contribution in [0.25, 0.3) is 0 Å². The molecule has 1 heterocycles. The summed E-state index contributed by atoms with van der Waals surface area (Å²) in [6.45, 7) is 2.95. The number of rotatable bonds is 4. The minimum atomic E-state index is 0.279. The Balaban J connectivity index is 2.08. The number of benzene rings is 1. The van der Waals surface area contributed by atoms with Gasteiger partial charge >= 0.3 is 0 Å². The summed E-state index contributed by atoms with van der Waals surface area (Å²) in [5, 5.41) is 3.87. The van der Waals surface area contributed by atoms with Gasteiger partial charge in [-0.15, -0.1) is 0 Å². The lowest BCUT2D eigenvalue weighted by atomic mass is 10.2. The molecule has 2 rings (SSSR count). The average Bonchev–Trinajstić information content (AvgIpc) is 2.77. The average molecular weight is 232 g/mol. The summed E-state index contributed by atoms with van der Waals surface area (Å²) >= 11 is 0. The van der Waals surface area contributed by atoms with Crippen molar-refractivity contribution in [1.82, 2.24) is 10.1 Å². The summed E-state index contributed by atoms with van der Waals surface area (Å²) in [5.74, 6) is 1.12. The molecule has 90 valence electrons. The Hall–Kier alpha value is -1.88. The standard InChI is InChI=1S/C12H16N4O/c1-9-4-3-5-10(6-9)16(2)8-11-14-12(7-13)17-15-11/h3-6H,7-8,13H2,1-2H3. The normalized spacial score (nSPS) is 10.5. The number of aryl methyl sites for hydroxylation is 1. The summed E-state index contributed by atoms with van der Waals surface area (Å²) in [5.41, 5.74) is 7.77. The fourth-order valence-electron chi connectivity index (χ4n) is 1.61. The van der Waals surface area contributed by atoms with Gasteiger partial charge in [0.15, 0.2) is 5.82 Å². The Morgan fingerprint density at radius 2 is 2.24 bits per heavy atom. The smallest absolute Gasteiger partial charge is 0.240 e. The van der Waals surface area contributed by atoms with Crippen LogP contribution < -0.4 is 10.6 Å². The second-order valence-electron chi connectivity index (χ2n) is 4.00. The first-order valence-corrected chi connectivity index (χ1v) is 5.48. The van der Waals surface area contributed by atoms with Crippen LogP contribution in [0.4, 0.5) is 5.69 Å². The Bertz CT molecular complexity index is 495. The quantitative estimate of drug-likeness (QED) is 0.864.